The summed E-state index contributed by atoms with van der Waals surface area (Å²) >= 11 is 0. The molecule has 18 heavy (non-hydrogen) atoms. The van der Waals surface area contributed by atoms with Crippen molar-refractivity contribution in [2.75, 3.05) is 11.9 Å². The Kier molecular flexibility index (Phi) is 3.89. The molecule has 0 fully saturated rings. The maximum absolute atomic E-state index is 9.43. The van der Waals surface area contributed by atoms with Gasteiger partial charge >= 0.3 is 0 Å². The van der Waals surface area contributed by atoms with E-state index in [4.69, 9.17) is 0 Å². The number of rotatable bonds is 4. The maximum atomic E-state index is 9.43. The molecule has 0 unspecified atom stereocenters. The van der Waals surface area contributed by atoms with E-state index in [1.165, 1.54) is 5.56 Å². The van der Waals surface area contributed by atoms with E-state index >= 15 is 0 Å². The maximum Gasteiger partial charge on any atom is 0.128 e. The second-order valence-electron chi connectivity index (χ2n) is 4.34. The van der Waals surface area contributed by atoms with Crippen molar-refractivity contribution >= 4 is 5.82 Å². The third-order valence-electron chi connectivity index (χ3n) is 2.81. The zero-order valence-electron chi connectivity index (χ0n) is 10.6. The highest BCUT2D eigenvalue weighted by Gasteiger charge is 2.05. The average molecular weight is 243 g/mol. The van der Waals surface area contributed by atoms with Gasteiger partial charge in [-0.2, -0.15) is 0 Å². The Bertz CT molecular complexity index is 482. The third kappa shape index (κ3) is 3.05. The molecule has 0 radical (unpaired) electrons. The van der Waals surface area contributed by atoms with Gasteiger partial charge in [0.1, 0.15) is 5.82 Å². The van der Waals surface area contributed by atoms with E-state index in [-0.39, 0.29) is 0 Å². The summed E-state index contributed by atoms with van der Waals surface area (Å²) in [5, 5.41) is 9.43. The van der Waals surface area contributed by atoms with Crippen LogP contribution >= 0.6 is 0 Å². The zero-order valence-corrected chi connectivity index (χ0v) is 10.6. The lowest BCUT2D eigenvalue weighted by atomic mass is 10.2. The number of aromatic nitrogens is 2. The van der Waals surface area contributed by atoms with Gasteiger partial charge < -0.3 is 10.0 Å². The van der Waals surface area contributed by atoms with E-state index in [0.717, 1.165) is 17.9 Å². The molecule has 4 nitrogen and oxygen atoms in total. The van der Waals surface area contributed by atoms with Crippen LogP contribution in [0.2, 0.25) is 0 Å². The molecule has 1 N–H and O–H groups in total. The van der Waals surface area contributed by atoms with E-state index in [2.05, 4.69) is 14.9 Å². The van der Waals surface area contributed by atoms with Crippen LogP contribution in [0.4, 0.5) is 5.82 Å². The minimum Gasteiger partial charge on any atom is -0.389 e. The first-order valence-corrected chi connectivity index (χ1v) is 5.91. The van der Waals surface area contributed by atoms with Crippen molar-refractivity contribution in [3.05, 3.63) is 54.0 Å². The molecule has 0 aromatic carbocycles. The van der Waals surface area contributed by atoms with Gasteiger partial charge in [-0.25, -0.2) is 4.98 Å². The number of nitrogens with zero attached hydrogens (tertiary/aromatic N) is 3. The quantitative estimate of drug-likeness (QED) is 0.894. The highest BCUT2D eigenvalue weighted by atomic mass is 16.3. The molecule has 0 amide bonds. The van der Waals surface area contributed by atoms with Crippen molar-refractivity contribution in [3.63, 3.8) is 0 Å². The van der Waals surface area contributed by atoms with Gasteiger partial charge in [-0.05, 0) is 36.2 Å². The Morgan fingerprint density at radius 3 is 2.50 bits per heavy atom. The van der Waals surface area contributed by atoms with Crippen molar-refractivity contribution in [2.45, 2.75) is 19.6 Å². The van der Waals surface area contributed by atoms with Crippen LogP contribution in [0.1, 0.15) is 24.2 Å². The summed E-state index contributed by atoms with van der Waals surface area (Å²) in [7, 11) is 1.99. The minimum atomic E-state index is -0.475. The highest BCUT2D eigenvalue weighted by Crippen LogP contribution is 2.16. The minimum absolute atomic E-state index is 0.475. The normalized spacial score (nSPS) is 12.2. The standard InChI is InChI=1S/C14H17N3O/c1-11(18)13-3-4-14(16-9-13)17(2)10-12-5-7-15-8-6-12/h3-9,11,18H,10H2,1-2H3/t11-/m0/s1. The van der Waals surface area contributed by atoms with Crippen molar-refractivity contribution in [1.29, 1.82) is 0 Å². The fourth-order valence-electron chi connectivity index (χ4n) is 1.71. The van der Waals surface area contributed by atoms with Gasteiger partial charge in [0.25, 0.3) is 0 Å². The van der Waals surface area contributed by atoms with Crippen molar-refractivity contribution in [1.82, 2.24) is 9.97 Å². The van der Waals surface area contributed by atoms with E-state index in [1.807, 2.05) is 31.3 Å². The Hall–Kier alpha value is -1.94. The molecule has 2 aromatic heterocycles. The monoisotopic (exact) mass is 243 g/mol. The third-order valence-corrected chi connectivity index (χ3v) is 2.81. The van der Waals surface area contributed by atoms with Crippen molar-refractivity contribution in [2.24, 2.45) is 0 Å². The molecular formula is C14H17N3O. The number of anilines is 1. The van der Waals surface area contributed by atoms with Crippen LogP contribution in [0, 0.1) is 0 Å². The van der Waals surface area contributed by atoms with Crippen LogP contribution in [0.25, 0.3) is 0 Å². The Balaban J connectivity index is 2.07. The van der Waals surface area contributed by atoms with Crippen LogP contribution in [-0.4, -0.2) is 22.1 Å². The van der Waals surface area contributed by atoms with Crippen LogP contribution < -0.4 is 4.90 Å². The first-order chi connectivity index (χ1) is 8.66. The molecule has 2 rings (SSSR count). The summed E-state index contributed by atoms with van der Waals surface area (Å²) in [5.41, 5.74) is 2.02. The number of aliphatic hydroxyl groups excluding tert-OH is 1. The summed E-state index contributed by atoms with van der Waals surface area (Å²) in [6.45, 7) is 2.51. The van der Waals surface area contributed by atoms with E-state index in [0.29, 0.717) is 0 Å². The van der Waals surface area contributed by atoms with Gasteiger partial charge in [0, 0.05) is 32.2 Å². The highest BCUT2D eigenvalue weighted by molar-refractivity contribution is 5.39. The molecule has 0 saturated carbocycles. The van der Waals surface area contributed by atoms with Crippen molar-refractivity contribution in [3.8, 4) is 0 Å². The van der Waals surface area contributed by atoms with Crippen LogP contribution in [0.3, 0.4) is 0 Å². The Morgan fingerprint density at radius 2 is 1.94 bits per heavy atom. The molecular weight excluding hydrogens is 226 g/mol. The van der Waals surface area contributed by atoms with Crippen LogP contribution in [-0.2, 0) is 6.54 Å². The lowest BCUT2D eigenvalue weighted by molar-refractivity contribution is 0.199. The number of aliphatic hydroxyl groups is 1. The predicted molar refractivity (Wildman–Crippen MR) is 71.2 cm³/mol. The predicted octanol–water partition coefficient (Wildman–Crippen LogP) is 2.17. The van der Waals surface area contributed by atoms with Gasteiger partial charge in [-0.3, -0.25) is 4.98 Å². The molecule has 2 aromatic rings. The number of hydrogen-bond donors (Lipinski definition) is 1. The molecule has 0 aliphatic rings. The van der Waals surface area contributed by atoms with E-state index < -0.39 is 6.10 Å². The molecule has 2 heterocycles. The first-order valence-electron chi connectivity index (χ1n) is 5.91. The molecule has 0 saturated heterocycles. The van der Waals surface area contributed by atoms with Gasteiger partial charge in [0.2, 0.25) is 0 Å². The van der Waals surface area contributed by atoms with Gasteiger partial charge in [-0.1, -0.05) is 6.07 Å². The largest absolute Gasteiger partial charge is 0.389 e. The number of hydrogen-bond acceptors (Lipinski definition) is 4. The average Bonchev–Trinajstić information content (AvgIpc) is 2.40. The smallest absolute Gasteiger partial charge is 0.128 e. The summed E-state index contributed by atoms with van der Waals surface area (Å²) in [4.78, 5) is 10.4. The fraction of sp³-hybridized carbons (Fsp3) is 0.286. The van der Waals surface area contributed by atoms with Gasteiger partial charge in [0.15, 0.2) is 0 Å². The zero-order chi connectivity index (χ0) is 13.0. The van der Waals surface area contributed by atoms with Crippen molar-refractivity contribution < 1.29 is 5.11 Å². The fourth-order valence-corrected chi connectivity index (χ4v) is 1.71. The molecule has 0 aliphatic carbocycles. The van der Waals surface area contributed by atoms with E-state index in [1.54, 1.807) is 25.5 Å². The van der Waals surface area contributed by atoms with Crippen LogP contribution in [0.5, 0.6) is 0 Å². The molecule has 0 spiro atoms. The molecule has 94 valence electrons. The van der Waals surface area contributed by atoms with E-state index in [9.17, 15) is 5.11 Å². The van der Waals surface area contributed by atoms with Gasteiger partial charge in [-0.15, -0.1) is 0 Å². The lowest BCUT2D eigenvalue weighted by Crippen LogP contribution is -2.17. The summed E-state index contributed by atoms with van der Waals surface area (Å²) in [5.74, 6) is 0.885. The molecule has 0 aliphatic heterocycles. The summed E-state index contributed by atoms with van der Waals surface area (Å²) < 4.78 is 0. The molecule has 4 heteroatoms. The first kappa shape index (κ1) is 12.5. The summed E-state index contributed by atoms with van der Waals surface area (Å²) in [6, 6.07) is 7.79. The Labute approximate surface area is 107 Å². The molecule has 0 bridgehead atoms. The Morgan fingerprint density at radius 1 is 1.22 bits per heavy atom. The van der Waals surface area contributed by atoms with Gasteiger partial charge in [0.05, 0.1) is 6.10 Å². The lowest BCUT2D eigenvalue weighted by Gasteiger charge is -2.18. The molecule has 1 atom stereocenters. The van der Waals surface area contributed by atoms with Crippen LogP contribution in [0.15, 0.2) is 42.9 Å². The topological polar surface area (TPSA) is 49.2 Å². The SMILES string of the molecule is C[C@H](O)c1ccc(N(C)Cc2ccncc2)nc1. The second-order valence-corrected chi connectivity index (χ2v) is 4.34. The summed E-state index contributed by atoms with van der Waals surface area (Å²) in [6.07, 6.45) is 4.81. The second kappa shape index (κ2) is 5.60. The number of pyridine rings is 2.